The number of carbonyl (C=O) groups excluding carboxylic acids is 1. The summed E-state index contributed by atoms with van der Waals surface area (Å²) in [5, 5.41) is 0. The van der Waals surface area contributed by atoms with E-state index in [0.717, 1.165) is 31.3 Å². The fourth-order valence-corrected chi connectivity index (χ4v) is 1.09. The quantitative estimate of drug-likeness (QED) is 0.537. The summed E-state index contributed by atoms with van der Waals surface area (Å²) in [5.74, 6) is -1.50. The zero-order valence-electron chi connectivity index (χ0n) is 8.21. The van der Waals surface area contributed by atoms with Gasteiger partial charge in [-0.2, -0.15) is 0 Å². The number of aldehydes is 1. The van der Waals surface area contributed by atoms with Crippen LogP contribution in [0.15, 0.2) is 18.2 Å². The lowest BCUT2D eigenvalue weighted by atomic mass is 10.2. The predicted octanol–water partition coefficient (Wildman–Crippen LogP) is 2.71. The van der Waals surface area contributed by atoms with Gasteiger partial charge < -0.3 is 9.53 Å². The topological polar surface area (TPSA) is 26.3 Å². The van der Waals surface area contributed by atoms with Crippen LogP contribution in [0.3, 0.4) is 0 Å². The lowest BCUT2D eigenvalue weighted by Gasteiger charge is -2.05. The molecule has 0 aliphatic rings. The number of rotatable bonds is 6. The van der Waals surface area contributed by atoms with Gasteiger partial charge in [-0.1, -0.05) is 0 Å². The molecule has 0 spiro atoms. The van der Waals surface area contributed by atoms with Crippen LogP contribution in [0.1, 0.15) is 19.3 Å². The Hall–Kier alpha value is -1.45. The molecule has 1 aromatic carbocycles. The first kappa shape index (κ1) is 11.6. The van der Waals surface area contributed by atoms with Gasteiger partial charge in [0.2, 0.25) is 0 Å². The van der Waals surface area contributed by atoms with Gasteiger partial charge in [0.05, 0.1) is 6.61 Å². The van der Waals surface area contributed by atoms with Gasteiger partial charge in [-0.15, -0.1) is 0 Å². The molecule has 0 atom stereocenters. The van der Waals surface area contributed by atoms with Crippen molar-refractivity contribution >= 4 is 6.29 Å². The molecule has 0 fully saturated rings. The van der Waals surface area contributed by atoms with Crippen LogP contribution in [0.25, 0.3) is 0 Å². The maximum atomic E-state index is 12.7. The maximum Gasteiger partial charge on any atom is 0.162 e. The van der Waals surface area contributed by atoms with Crippen LogP contribution >= 0.6 is 0 Å². The molecule has 0 unspecified atom stereocenters. The van der Waals surface area contributed by atoms with Crippen molar-refractivity contribution in [3.05, 3.63) is 29.8 Å². The molecule has 15 heavy (non-hydrogen) atoms. The van der Waals surface area contributed by atoms with Crippen molar-refractivity contribution in [3.63, 3.8) is 0 Å². The molecule has 0 N–H and O–H groups in total. The molecular weight excluding hydrogens is 202 g/mol. The molecule has 0 radical (unpaired) electrons. The summed E-state index contributed by atoms with van der Waals surface area (Å²) in [7, 11) is 0. The number of carbonyl (C=O) groups is 1. The smallest absolute Gasteiger partial charge is 0.162 e. The summed E-state index contributed by atoms with van der Waals surface area (Å²) in [6.45, 7) is 0.402. The molecule has 4 heteroatoms. The third kappa shape index (κ3) is 4.06. The summed E-state index contributed by atoms with van der Waals surface area (Å²) in [6, 6.07) is 3.41. The average molecular weight is 214 g/mol. The Morgan fingerprint density at radius 2 is 2.00 bits per heavy atom. The van der Waals surface area contributed by atoms with Gasteiger partial charge in [0.25, 0.3) is 0 Å². The third-order valence-electron chi connectivity index (χ3n) is 1.88. The normalized spacial score (nSPS) is 10.0. The van der Waals surface area contributed by atoms with Crippen molar-refractivity contribution < 1.29 is 18.3 Å². The minimum absolute atomic E-state index is 0.306. The Morgan fingerprint density at radius 3 is 2.67 bits per heavy atom. The van der Waals surface area contributed by atoms with Gasteiger partial charge in [-0.25, -0.2) is 8.78 Å². The Balaban J connectivity index is 2.31. The molecule has 0 saturated heterocycles. The van der Waals surface area contributed by atoms with Crippen molar-refractivity contribution in [2.75, 3.05) is 6.61 Å². The second kappa shape index (κ2) is 6.11. The predicted molar refractivity (Wildman–Crippen MR) is 51.8 cm³/mol. The molecule has 2 nitrogen and oxygen atoms in total. The third-order valence-corrected chi connectivity index (χ3v) is 1.88. The highest BCUT2D eigenvalue weighted by atomic mass is 19.2. The van der Waals surface area contributed by atoms with E-state index in [1.165, 1.54) is 6.07 Å². The van der Waals surface area contributed by atoms with Gasteiger partial charge in [-0.3, -0.25) is 0 Å². The van der Waals surface area contributed by atoms with Crippen LogP contribution in [0.4, 0.5) is 8.78 Å². The monoisotopic (exact) mass is 214 g/mol. The van der Waals surface area contributed by atoms with Gasteiger partial charge in [0.15, 0.2) is 11.6 Å². The average Bonchev–Trinajstić information content (AvgIpc) is 2.23. The second-order valence-electron chi connectivity index (χ2n) is 3.09. The van der Waals surface area contributed by atoms with E-state index in [0.29, 0.717) is 18.8 Å². The Kier molecular flexibility index (Phi) is 4.74. The minimum Gasteiger partial charge on any atom is -0.493 e. The van der Waals surface area contributed by atoms with Gasteiger partial charge in [0, 0.05) is 12.5 Å². The van der Waals surface area contributed by atoms with E-state index in [1.807, 2.05) is 0 Å². The van der Waals surface area contributed by atoms with Crippen molar-refractivity contribution in [3.8, 4) is 5.75 Å². The molecule has 0 aromatic heterocycles. The van der Waals surface area contributed by atoms with E-state index in [2.05, 4.69) is 0 Å². The van der Waals surface area contributed by atoms with Crippen LogP contribution in [0.5, 0.6) is 5.75 Å². The fraction of sp³-hybridized carbons (Fsp3) is 0.364. The highest BCUT2D eigenvalue weighted by Crippen LogP contribution is 2.15. The molecule has 0 aliphatic carbocycles. The molecule has 1 rings (SSSR count). The number of halogens is 2. The Labute approximate surface area is 86.9 Å². The molecule has 82 valence electrons. The maximum absolute atomic E-state index is 12.7. The van der Waals surface area contributed by atoms with Crippen LogP contribution in [-0.4, -0.2) is 12.9 Å². The van der Waals surface area contributed by atoms with Crippen molar-refractivity contribution in [2.24, 2.45) is 0 Å². The zero-order valence-corrected chi connectivity index (χ0v) is 8.21. The number of benzene rings is 1. The number of ether oxygens (including phenoxy) is 1. The van der Waals surface area contributed by atoms with Gasteiger partial charge in [-0.05, 0) is 25.0 Å². The largest absolute Gasteiger partial charge is 0.493 e. The Bertz CT molecular complexity index is 326. The van der Waals surface area contributed by atoms with E-state index < -0.39 is 11.6 Å². The van der Waals surface area contributed by atoms with E-state index in [9.17, 15) is 13.6 Å². The molecular formula is C11H12F2O2. The zero-order chi connectivity index (χ0) is 11.1. The number of unbranched alkanes of at least 4 members (excludes halogenated alkanes) is 2. The molecule has 1 aromatic rings. The van der Waals surface area contributed by atoms with Crippen molar-refractivity contribution in [1.82, 2.24) is 0 Å². The molecule has 0 amide bonds. The van der Waals surface area contributed by atoms with Crippen LogP contribution < -0.4 is 4.74 Å². The Morgan fingerprint density at radius 1 is 1.20 bits per heavy atom. The van der Waals surface area contributed by atoms with Gasteiger partial charge in [0.1, 0.15) is 12.0 Å². The van der Waals surface area contributed by atoms with Crippen molar-refractivity contribution in [1.29, 1.82) is 0 Å². The van der Waals surface area contributed by atoms with E-state index in [1.54, 1.807) is 0 Å². The number of hydrogen-bond donors (Lipinski definition) is 0. The minimum atomic E-state index is -0.916. The molecule has 0 heterocycles. The summed E-state index contributed by atoms with van der Waals surface area (Å²) in [6.07, 6.45) is 2.81. The summed E-state index contributed by atoms with van der Waals surface area (Å²) in [5.41, 5.74) is 0. The molecule has 0 bridgehead atoms. The lowest BCUT2D eigenvalue weighted by molar-refractivity contribution is -0.107. The standard InChI is InChI=1S/C11H12F2O2/c12-10-5-4-9(8-11(10)13)15-7-3-1-2-6-14/h4-6,8H,1-3,7H2. The van der Waals surface area contributed by atoms with E-state index in [4.69, 9.17) is 4.74 Å². The number of hydrogen-bond acceptors (Lipinski definition) is 2. The molecule has 0 aliphatic heterocycles. The van der Waals surface area contributed by atoms with Crippen LogP contribution in [-0.2, 0) is 4.79 Å². The van der Waals surface area contributed by atoms with Crippen LogP contribution in [0.2, 0.25) is 0 Å². The summed E-state index contributed by atoms with van der Waals surface area (Å²) >= 11 is 0. The second-order valence-corrected chi connectivity index (χ2v) is 3.09. The first-order valence-electron chi connectivity index (χ1n) is 4.75. The van der Waals surface area contributed by atoms with Gasteiger partial charge >= 0.3 is 0 Å². The van der Waals surface area contributed by atoms with E-state index in [-0.39, 0.29) is 0 Å². The summed E-state index contributed by atoms with van der Waals surface area (Å²) < 4.78 is 30.4. The van der Waals surface area contributed by atoms with Crippen molar-refractivity contribution in [2.45, 2.75) is 19.3 Å². The SMILES string of the molecule is O=CCCCCOc1ccc(F)c(F)c1. The molecule has 0 saturated carbocycles. The lowest BCUT2D eigenvalue weighted by Crippen LogP contribution is -1.98. The highest BCUT2D eigenvalue weighted by Gasteiger charge is 2.02. The fourth-order valence-electron chi connectivity index (χ4n) is 1.09. The highest BCUT2D eigenvalue weighted by molar-refractivity contribution is 5.48. The summed E-state index contributed by atoms with van der Waals surface area (Å²) in [4.78, 5) is 9.99. The first-order valence-corrected chi connectivity index (χ1v) is 4.75. The van der Waals surface area contributed by atoms with Crippen LogP contribution in [0, 0.1) is 11.6 Å². The van der Waals surface area contributed by atoms with E-state index >= 15 is 0 Å². The first-order chi connectivity index (χ1) is 7.24.